The maximum atomic E-state index is 12.6. The molecule has 2 amide bonds. The predicted octanol–water partition coefficient (Wildman–Crippen LogP) is 2.57. The van der Waals surface area contributed by atoms with Crippen LogP contribution >= 0.6 is 0 Å². The van der Waals surface area contributed by atoms with Crippen molar-refractivity contribution in [2.75, 3.05) is 32.6 Å². The molecule has 8 heteroatoms. The third-order valence-corrected chi connectivity index (χ3v) is 4.09. The van der Waals surface area contributed by atoms with Crippen molar-refractivity contribution in [2.24, 2.45) is 0 Å². The van der Waals surface area contributed by atoms with Crippen molar-refractivity contribution in [1.29, 1.82) is 0 Å². The van der Waals surface area contributed by atoms with E-state index in [9.17, 15) is 4.79 Å². The van der Waals surface area contributed by atoms with Gasteiger partial charge in [-0.25, -0.2) is 9.78 Å². The number of carbonyl (C=O) groups excluding carboxylic acids is 1. The smallest absolute Gasteiger partial charge is 0.322 e. The first-order valence-electron chi connectivity index (χ1n) is 8.42. The number of piperidine rings is 1. The lowest BCUT2D eigenvalue weighted by molar-refractivity contribution is 0.102. The second-order valence-corrected chi connectivity index (χ2v) is 5.84. The van der Waals surface area contributed by atoms with Gasteiger partial charge in [0.25, 0.3) is 0 Å². The van der Waals surface area contributed by atoms with Crippen molar-refractivity contribution < 1.29 is 19.0 Å². The monoisotopic (exact) mass is 358 g/mol. The van der Waals surface area contributed by atoms with Crippen LogP contribution in [0.2, 0.25) is 0 Å². The average molecular weight is 358 g/mol. The zero-order valence-electron chi connectivity index (χ0n) is 14.8. The number of aromatic nitrogens is 2. The third-order valence-electron chi connectivity index (χ3n) is 4.09. The van der Waals surface area contributed by atoms with Crippen LogP contribution in [0.4, 0.5) is 10.5 Å². The van der Waals surface area contributed by atoms with Crippen molar-refractivity contribution in [3.63, 3.8) is 0 Å². The minimum atomic E-state index is -0.178. The van der Waals surface area contributed by atoms with Gasteiger partial charge in [0.2, 0.25) is 5.88 Å². The van der Waals surface area contributed by atoms with E-state index in [0.717, 1.165) is 12.8 Å². The second-order valence-electron chi connectivity index (χ2n) is 5.84. The summed E-state index contributed by atoms with van der Waals surface area (Å²) in [5.41, 5.74) is 0.642. The van der Waals surface area contributed by atoms with Gasteiger partial charge in [0, 0.05) is 18.8 Å². The fraction of sp³-hybridized carbons (Fsp3) is 0.389. The molecule has 0 saturated carbocycles. The molecule has 0 spiro atoms. The first-order valence-corrected chi connectivity index (χ1v) is 8.42. The molecule has 1 aromatic carbocycles. The Morgan fingerprint density at radius 1 is 1.23 bits per heavy atom. The van der Waals surface area contributed by atoms with Crippen molar-refractivity contribution in [2.45, 2.75) is 18.9 Å². The number of carbonyl (C=O) groups is 1. The van der Waals surface area contributed by atoms with E-state index >= 15 is 0 Å². The molecule has 1 N–H and O–H groups in total. The molecule has 1 aromatic heterocycles. The Morgan fingerprint density at radius 2 is 2.08 bits per heavy atom. The Labute approximate surface area is 152 Å². The highest BCUT2D eigenvalue weighted by Gasteiger charge is 2.26. The number of urea groups is 1. The lowest BCUT2D eigenvalue weighted by Crippen LogP contribution is -2.46. The van der Waals surface area contributed by atoms with E-state index in [0.29, 0.717) is 30.4 Å². The summed E-state index contributed by atoms with van der Waals surface area (Å²) in [4.78, 5) is 22.4. The van der Waals surface area contributed by atoms with E-state index in [1.807, 2.05) is 18.2 Å². The van der Waals surface area contributed by atoms with Gasteiger partial charge < -0.3 is 24.4 Å². The largest absolute Gasteiger partial charge is 0.495 e. The van der Waals surface area contributed by atoms with Crippen LogP contribution in [0.1, 0.15) is 12.8 Å². The number of hydrogen-bond acceptors (Lipinski definition) is 6. The van der Waals surface area contributed by atoms with Crippen molar-refractivity contribution in [1.82, 2.24) is 14.9 Å². The van der Waals surface area contributed by atoms with E-state index in [1.165, 1.54) is 7.11 Å². The van der Waals surface area contributed by atoms with Gasteiger partial charge in [0.1, 0.15) is 11.9 Å². The van der Waals surface area contributed by atoms with E-state index in [2.05, 4.69) is 15.3 Å². The minimum Gasteiger partial charge on any atom is -0.495 e. The molecule has 0 aliphatic carbocycles. The van der Waals surface area contributed by atoms with Gasteiger partial charge in [-0.1, -0.05) is 12.1 Å². The van der Waals surface area contributed by atoms with Crippen LogP contribution < -0.4 is 19.5 Å². The predicted molar refractivity (Wildman–Crippen MR) is 95.8 cm³/mol. The van der Waals surface area contributed by atoms with Gasteiger partial charge in [0.15, 0.2) is 0 Å². The van der Waals surface area contributed by atoms with Crippen LogP contribution in [-0.4, -0.2) is 54.3 Å². The molecule has 26 heavy (non-hydrogen) atoms. The van der Waals surface area contributed by atoms with Crippen LogP contribution in [0, 0.1) is 0 Å². The summed E-state index contributed by atoms with van der Waals surface area (Å²) < 4.78 is 16.2. The topological polar surface area (TPSA) is 85.8 Å². The lowest BCUT2D eigenvalue weighted by atomic mass is 10.1. The number of hydrogen-bond donors (Lipinski definition) is 1. The highest BCUT2D eigenvalue weighted by atomic mass is 16.5. The summed E-state index contributed by atoms with van der Waals surface area (Å²) in [5.74, 6) is 1.06. The molecule has 3 rings (SSSR count). The van der Waals surface area contributed by atoms with Crippen LogP contribution in [-0.2, 0) is 0 Å². The molecule has 138 valence electrons. The first-order chi connectivity index (χ1) is 12.7. The Morgan fingerprint density at radius 3 is 2.88 bits per heavy atom. The summed E-state index contributed by atoms with van der Waals surface area (Å²) >= 11 is 0. The van der Waals surface area contributed by atoms with Gasteiger partial charge in [0.05, 0.1) is 26.5 Å². The number of methoxy groups -OCH3 is 2. The molecule has 2 heterocycles. The number of ether oxygens (including phenoxy) is 3. The Kier molecular flexibility index (Phi) is 5.73. The molecule has 0 radical (unpaired) electrons. The normalized spacial score (nSPS) is 16.7. The number of anilines is 1. The van der Waals surface area contributed by atoms with Gasteiger partial charge in [-0.2, -0.15) is 4.98 Å². The molecule has 1 aliphatic rings. The molecular formula is C18H22N4O4. The quantitative estimate of drug-likeness (QED) is 0.884. The number of benzene rings is 1. The fourth-order valence-electron chi connectivity index (χ4n) is 2.82. The first kappa shape index (κ1) is 17.8. The highest BCUT2D eigenvalue weighted by Crippen LogP contribution is 2.24. The number of nitrogens with zero attached hydrogens (tertiary/aromatic N) is 3. The molecule has 1 unspecified atom stereocenters. The summed E-state index contributed by atoms with van der Waals surface area (Å²) in [6, 6.07) is 9.07. The molecule has 2 aromatic rings. The molecule has 8 nitrogen and oxygen atoms in total. The van der Waals surface area contributed by atoms with Crippen molar-refractivity contribution in [3.05, 3.63) is 36.5 Å². The second kappa shape index (κ2) is 8.37. The van der Waals surface area contributed by atoms with Crippen LogP contribution in [0.5, 0.6) is 17.6 Å². The van der Waals surface area contributed by atoms with Crippen LogP contribution in [0.3, 0.4) is 0 Å². The SMILES string of the molecule is COc1nccc(OC2CCCN(C(=O)Nc3ccccc3OC)C2)n1. The number of likely N-dealkylation sites (tertiary alicyclic amines) is 1. The lowest BCUT2D eigenvalue weighted by Gasteiger charge is -2.32. The third kappa shape index (κ3) is 4.33. The molecule has 1 fully saturated rings. The standard InChI is InChI=1S/C18H22N4O4/c1-24-15-8-4-3-7-14(15)20-18(23)22-11-5-6-13(12-22)26-16-9-10-19-17(21-16)25-2/h3-4,7-10,13H,5-6,11-12H2,1-2H3,(H,20,23). The van der Waals surface area contributed by atoms with Crippen LogP contribution in [0.25, 0.3) is 0 Å². The molecular weight excluding hydrogens is 336 g/mol. The summed E-state index contributed by atoms with van der Waals surface area (Å²) in [6.07, 6.45) is 3.15. The van der Waals surface area contributed by atoms with Gasteiger partial charge in [-0.15, -0.1) is 0 Å². The van der Waals surface area contributed by atoms with E-state index in [1.54, 1.807) is 30.3 Å². The van der Waals surface area contributed by atoms with Crippen molar-refractivity contribution in [3.8, 4) is 17.6 Å². The maximum absolute atomic E-state index is 12.6. The van der Waals surface area contributed by atoms with Crippen molar-refractivity contribution >= 4 is 11.7 Å². The zero-order chi connectivity index (χ0) is 18.4. The van der Waals surface area contributed by atoms with E-state index in [-0.39, 0.29) is 18.1 Å². The zero-order valence-corrected chi connectivity index (χ0v) is 14.8. The van der Waals surface area contributed by atoms with Gasteiger partial charge in [-0.3, -0.25) is 0 Å². The molecule has 0 bridgehead atoms. The van der Waals surface area contributed by atoms with E-state index in [4.69, 9.17) is 14.2 Å². The molecule has 1 saturated heterocycles. The number of para-hydroxylation sites is 2. The number of amides is 2. The number of rotatable bonds is 5. The maximum Gasteiger partial charge on any atom is 0.322 e. The van der Waals surface area contributed by atoms with E-state index < -0.39 is 0 Å². The Hall–Kier alpha value is -3.03. The fourth-order valence-corrected chi connectivity index (χ4v) is 2.82. The Balaban J connectivity index is 1.61. The highest BCUT2D eigenvalue weighted by molar-refractivity contribution is 5.91. The molecule has 1 aliphatic heterocycles. The summed E-state index contributed by atoms with van der Waals surface area (Å²) in [7, 11) is 3.08. The summed E-state index contributed by atoms with van der Waals surface area (Å²) in [5, 5.41) is 2.89. The number of nitrogens with one attached hydrogen (secondary N) is 1. The van der Waals surface area contributed by atoms with Gasteiger partial charge >= 0.3 is 12.0 Å². The van der Waals surface area contributed by atoms with Crippen LogP contribution in [0.15, 0.2) is 36.5 Å². The Bertz CT molecular complexity index is 755. The summed E-state index contributed by atoms with van der Waals surface area (Å²) in [6.45, 7) is 1.15. The average Bonchev–Trinajstić information content (AvgIpc) is 2.68. The minimum absolute atomic E-state index is 0.133. The molecule has 1 atom stereocenters. The van der Waals surface area contributed by atoms with Gasteiger partial charge in [-0.05, 0) is 25.0 Å².